The van der Waals surface area contributed by atoms with E-state index in [0.29, 0.717) is 6.54 Å². The number of amides is 1. The number of carbonyl (C=O) groups excluding carboxylic acids is 1. The monoisotopic (exact) mass is 512 g/mol. The fourth-order valence-corrected chi connectivity index (χ4v) is 4.67. The molecular weight excluding hydrogens is 476 g/mol. The Morgan fingerprint density at radius 3 is 2.24 bits per heavy atom. The summed E-state index contributed by atoms with van der Waals surface area (Å²) >= 11 is 0. The number of hydrogen-bond acceptors (Lipinski definition) is 7. The predicted molar refractivity (Wildman–Crippen MR) is 135 cm³/mol. The van der Waals surface area contributed by atoms with Gasteiger partial charge in [0.1, 0.15) is 0 Å². The third-order valence-electron chi connectivity index (χ3n) is 6.97. The standard InChI is InChI=1S/C28H36N2O7/c1-19-24(17-30-12-14-35-15-13-30)36-28(37-27(19)22-6-4-21(18-31)5-7-22)23-8-2-20(3-9-23)16-29-25(32)10-11-26(33)34/h2-9,19,24,27-28,31H,10-18H2,1H3,(H,29,32)(H,33,34)/t19-,24+,27+,28+/m1/s1. The lowest BCUT2D eigenvalue weighted by atomic mass is 9.90. The van der Waals surface area contributed by atoms with Crippen molar-refractivity contribution in [3.8, 4) is 0 Å². The maximum absolute atomic E-state index is 11.8. The number of ether oxygens (including phenoxy) is 3. The van der Waals surface area contributed by atoms with Crippen LogP contribution in [0, 0.1) is 5.92 Å². The van der Waals surface area contributed by atoms with Crippen molar-refractivity contribution in [2.24, 2.45) is 5.92 Å². The average molecular weight is 513 g/mol. The van der Waals surface area contributed by atoms with Crippen LogP contribution in [0.1, 0.15) is 54.4 Å². The summed E-state index contributed by atoms with van der Waals surface area (Å²) in [6.07, 6.45) is -1.00. The number of hydrogen-bond donors (Lipinski definition) is 3. The van der Waals surface area contributed by atoms with Crippen molar-refractivity contribution in [1.29, 1.82) is 0 Å². The second kappa shape index (κ2) is 13.1. The molecule has 0 aliphatic carbocycles. The first-order valence-corrected chi connectivity index (χ1v) is 12.8. The van der Waals surface area contributed by atoms with E-state index < -0.39 is 12.3 Å². The molecule has 4 atom stereocenters. The van der Waals surface area contributed by atoms with Gasteiger partial charge in [0.2, 0.25) is 5.91 Å². The van der Waals surface area contributed by atoms with Gasteiger partial charge in [0.15, 0.2) is 6.29 Å². The fourth-order valence-electron chi connectivity index (χ4n) is 4.67. The minimum atomic E-state index is -0.990. The van der Waals surface area contributed by atoms with E-state index in [-0.39, 0.29) is 43.5 Å². The number of carboxylic acid groups (broad SMARTS) is 1. The summed E-state index contributed by atoms with van der Waals surface area (Å²) in [7, 11) is 0. The van der Waals surface area contributed by atoms with Crippen molar-refractivity contribution in [2.45, 2.75) is 51.4 Å². The quantitative estimate of drug-likeness (QED) is 0.445. The molecular formula is C28H36N2O7. The van der Waals surface area contributed by atoms with Crippen molar-refractivity contribution >= 4 is 11.9 Å². The molecule has 0 radical (unpaired) electrons. The van der Waals surface area contributed by atoms with Gasteiger partial charge in [-0.2, -0.15) is 0 Å². The lowest BCUT2D eigenvalue weighted by Gasteiger charge is -2.43. The Morgan fingerprint density at radius 2 is 1.59 bits per heavy atom. The minimum absolute atomic E-state index is 0.000881. The van der Waals surface area contributed by atoms with Gasteiger partial charge in [-0.15, -0.1) is 0 Å². The Kier molecular flexibility index (Phi) is 9.65. The van der Waals surface area contributed by atoms with E-state index in [9.17, 15) is 14.7 Å². The zero-order valence-electron chi connectivity index (χ0n) is 21.2. The van der Waals surface area contributed by atoms with Gasteiger partial charge in [0, 0.05) is 44.1 Å². The van der Waals surface area contributed by atoms with Gasteiger partial charge in [0.05, 0.1) is 38.4 Å². The summed E-state index contributed by atoms with van der Waals surface area (Å²) in [5.41, 5.74) is 3.69. The molecule has 2 heterocycles. The van der Waals surface area contributed by atoms with Gasteiger partial charge >= 0.3 is 5.97 Å². The number of nitrogens with one attached hydrogen (secondary N) is 1. The minimum Gasteiger partial charge on any atom is -0.481 e. The number of aliphatic hydroxyl groups is 1. The van der Waals surface area contributed by atoms with Crippen molar-refractivity contribution in [3.63, 3.8) is 0 Å². The highest BCUT2D eigenvalue weighted by Gasteiger charge is 2.39. The van der Waals surface area contributed by atoms with Crippen molar-refractivity contribution < 1.29 is 34.0 Å². The van der Waals surface area contributed by atoms with Crippen LogP contribution in [-0.2, 0) is 37.0 Å². The third kappa shape index (κ3) is 7.59. The van der Waals surface area contributed by atoms with Crippen LogP contribution < -0.4 is 5.32 Å². The van der Waals surface area contributed by atoms with Crippen molar-refractivity contribution in [1.82, 2.24) is 10.2 Å². The smallest absolute Gasteiger partial charge is 0.303 e. The first-order chi connectivity index (χ1) is 17.9. The third-order valence-corrected chi connectivity index (χ3v) is 6.97. The largest absolute Gasteiger partial charge is 0.481 e. The molecule has 2 aromatic rings. The zero-order valence-corrected chi connectivity index (χ0v) is 21.2. The summed E-state index contributed by atoms with van der Waals surface area (Å²) in [5, 5.41) is 20.9. The van der Waals surface area contributed by atoms with E-state index >= 15 is 0 Å². The van der Waals surface area contributed by atoms with E-state index in [4.69, 9.17) is 19.3 Å². The van der Waals surface area contributed by atoms with E-state index in [0.717, 1.165) is 55.1 Å². The van der Waals surface area contributed by atoms with Crippen LogP contribution in [0.25, 0.3) is 0 Å². The van der Waals surface area contributed by atoms with Crippen molar-refractivity contribution in [3.05, 3.63) is 70.8 Å². The molecule has 2 aliphatic rings. The van der Waals surface area contributed by atoms with Gasteiger partial charge in [0.25, 0.3) is 0 Å². The van der Waals surface area contributed by atoms with Crippen LogP contribution in [0.5, 0.6) is 0 Å². The molecule has 0 saturated carbocycles. The second-order valence-corrected chi connectivity index (χ2v) is 9.65. The van der Waals surface area contributed by atoms with E-state index in [1.54, 1.807) is 0 Å². The number of aliphatic carboxylic acids is 1. The summed E-state index contributed by atoms with van der Waals surface area (Å²) < 4.78 is 18.5. The summed E-state index contributed by atoms with van der Waals surface area (Å²) in [6.45, 7) is 6.46. The Hall–Kier alpha value is -2.82. The topological polar surface area (TPSA) is 118 Å². The van der Waals surface area contributed by atoms with E-state index in [1.807, 2.05) is 48.5 Å². The SMILES string of the molecule is C[C@@H]1[C@H](CN2CCOCC2)O[C@H](c2ccc(CNC(=O)CCC(=O)O)cc2)O[C@@H]1c1ccc(CO)cc1. The first-order valence-electron chi connectivity index (χ1n) is 12.8. The Morgan fingerprint density at radius 1 is 0.946 bits per heavy atom. The van der Waals surface area contributed by atoms with Crippen LogP contribution in [0.3, 0.4) is 0 Å². The molecule has 0 unspecified atom stereocenters. The molecule has 0 aromatic heterocycles. The predicted octanol–water partition coefficient (Wildman–Crippen LogP) is 2.78. The molecule has 200 valence electrons. The van der Waals surface area contributed by atoms with Gasteiger partial charge in [-0.25, -0.2) is 0 Å². The fraction of sp³-hybridized carbons (Fsp3) is 0.500. The van der Waals surface area contributed by atoms with Crippen LogP contribution >= 0.6 is 0 Å². The van der Waals surface area contributed by atoms with E-state index in [2.05, 4.69) is 17.1 Å². The molecule has 2 aromatic carbocycles. The number of aliphatic hydroxyl groups excluding tert-OH is 1. The number of benzene rings is 2. The van der Waals surface area contributed by atoms with Crippen LogP contribution in [-0.4, -0.2) is 65.9 Å². The highest BCUT2D eigenvalue weighted by molar-refractivity contribution is 5.80. The van der Waals surface area contributed by atoms with Crippen LogP contribution in [0.4, 0.5) is 0 Å². The molecule has 2 fully saturated rings. The lowest BCUT2D eigenvalue weighted by molar-refractivity contribution is -0.277. The van der Waals surface area contributed by atoms with Gasteiger partial charge < -0.3 is 29.7 Å². The normalized spacial score (nSPS) is 24.5. The highest BCUT2D eigenvalue weighted by Crippen LogP contribution is 2.41. The molecule has 2 aliphatic heterocycles. The molecule has 4 rings (SSSR count). The maximum atomic E-state index is 11.8. The lowest BCUT2D eigenvalue weighted by Crippen LogP contribution is -2.47. The van der Waals surface area contributed by atoms with Gasteiger partial charge in [-0.1, -0.05) is 55.5 Å². The van der Waals surface area contributed by atoms with Crippen LogP contribution in [0.2, 0.25) is 0 Å². The Bertz CT molecular complexity index is 1020. The molecule has 0 bridgehead atoms. The highest BCUT2D eigenvalue weighted by atomic mass is 16.7. The molecule has 9 nitrogen and oxygen atoms in total. The summed E-state index contributed by atoms with van der Waals surface area (Å²) in [5.74, 6) is -1.17. The van der Waals surface area contributed by atoms with Gasteiger partial charge in [-0.05, 0) is 16.7 Å². The van der Waals surface area contributed by atoms with Crippen molar-refractivity contribution in [2.75, 3.05) is 32.8 Å². The number of rotatable bonds is 10. The maximum Gasteiger partial charge on any atom is 0.303 e. The number of carbonyl (C=O) groups is 2. The van der Waals surface area contributed by atoms with Crippen LogP contribution in [0.15, 0.2) is 48.5 Å². The Balaban J connectivity index is 1.46. The summed E-state index contributed by atoms with van der Waals surface area (Å²) in [6, 6.07) is 15.6. The number of nitrogens with zero attached hydrogens (tertiary/aromatic N) is 1. The summed E-state index contributed by atoms with van der Waals surface area (Å²) in [4.78, 5) is 24.8. The molecule has 9 heteroatoms. The molecule has 1 amide bonds. The molecule has 0 spiro atoms. The molecule has 37 heavy (non-hydrogen) atoms. The molecule has 3 N–H and O–H groups in total. The van der Waals surface area contributed by atoms with Gasteiger partial charge in [-0.3, -0.25) is 14.5 Å². The first kappa shape index (κ1) is 27.2. The number of carboxylic acids is 1. The van der Waals surface area contributed by atoms with E-state index in [1.165, 1.54) is 0 Å². The average Bonchev–Trinajstić information content (AvgIpc) is 2.93. The zero-order chi connectivity index (χ0) is 26.2. The Labute approximate surface area is 217 Å². The molecule has 2 saturated heterocycles. The number of morpholine rings is 1. The second-order valence-electron chi connectivity index (χ2n) is 9.65.